The number of nitriles is 1. The van der Waals surface area contributed by atoms with Gasteiger partial charge in [0, 0.05) is 50.0 Å². The Balaban J connectivity index is 0.00000884. The van der Waals surface area contributed by atoms with Crippen molar-refractivity contribution in [2.24, 2.45) is 0 Å². The molecule has 0 spiro atoms. The number of pyridine rings is 3. The van der Waals surface area contributed by atoms with Crippen molar-refractivity contribution in [3.8, 4) is 39.8 Å². The van der Waals surface area contributed by atoms with Crippen LogP contribution in [-0.4, -0.2) is 15.0 Å². The van der Waals surface area contributed by atoms with E-state index < -0.39 is 102 Å². The number of rotatable bonds is 13. The summed E-state index contributed by atoms with van der Waals surface area (Å²) in [4.78, 5) is 13.2. The molecule has 0 amide bonds. The van der Waals surface area contributed by atoms with Gasteiger partial charge in [0.15, 0.2) is 0 Å². The molecule has 0 saturated heterocycles. The topological polar surface area (TPSA) is 75.6 Å². The second kappa shape index (κ2) is 19.7. The summed E-state index contributed by atoms with van der Waals surface area (Å²) in [5, 5.41) is 10.5. The molecule has 0 radical (unpaired) electrons. The number of benzene rings is 5. The van der Waals surface area contributed by atoms with Crippen LogP contribution >= 0.6 is 0 Å². The van der Waals surface area contributed by atoms with E-state index >= 15 is 0 Å². The van der Waals surface area contributed by atoms with E-state index in [-0.39, 0.29) is 90.0 Å². The summed E-state index contributed by atoms with van der Waals surface area (Å²) < 4.78 is 200. The molecular formula is C59H49IrN4O. The average molecular weight is 1040 g/mol. The van der Waals surface area contributed by atoms with Crippen LogP contribution in [0.5, 0.6) is 0 Å². The number of hydrogen-bond donors (Lipinski definition) is 0. The quantitative estimate of drug-likeness (QED) is 0.108. The van der Waals surface area contributed by atoms with Gasteiger partial charge in [0.05, 0.1) is 20.0 Å². The fourth-order valence-electron chi connectivity index (χ4n) is 7.69. The molecule has 6 heteroatoms. The van der Waals surface area contributed by atoms with Gasteiger partial charge in [-0.25, -0.2) is 0 Å². The Hall–Kier alpha value is -6.51. The van der Waals surface area contributed by atoms with Gasteiger partial charge in [-0.05, 0) is 139 Å². The van der Waals surface area contributed by atoms with Crippen molar-refractivity contribution in [3.05, 3.63) is 208 Å². The Kier molecular flexibility index (Phi) is 7.66. The van der Waals surface area contributed by atoms with Gasteiger partial charge in [0.2, 0.25) is 0 Å². The Labute approximate surface area is 425 Å². The van der Waals surface area contributed by atoms with Gasteiger partial charge in [0.1, 0.15) is 5.58 Å². The first-order valence-corrected chi connectivity index (χ1v) is 20.5. The standard InChI is InChI=1S/C59H49N4O.Ir/c1-39-28-55(46-14-5-3-6-15-46)61-36-48(39)24-20-41-30-42(21-25-49-37-62-56(29-40(49)2)47-16-7-4-8-17-47)32-43(31-41)22-26-50-38-63-57(34-54(50)45-12-9-10-13-45)53-19-11-18-52-51-27-23-44(35-60)33-58(51)64-59(52)53;/h3-8,11,14,16,18,23,27-34,36-38,45H,9-10,12-13,20-22,24-26H2,1-2H3;/q-3;+3/i1D3,2D3,20D2,21D2,22D2,23D,24D2,25D2,26D2,33D,45D;. The third-order valence-electron chi connectivity index (χ3n) is 10.9. The molecule has 320 valence electrons. The number of aryl methyl sites for hydroxylation is 8. The van der Waals surface area contributed by atoms with E-state index in [0.717, 1.165) is 42.9 Å². The van der Waals surface area contributed by atoms with Crippen LogP contribution in [0.2, 0.25) is 0 Å². The van der Waals surface area contributed by atoms with E-state index in [2.05, 4.69) is 33.2 Å². The molecule has 9 aromatic rings. The van der Waals surface area contributed by atoms with Gasteiger partial charge in [-0.15, -0.1) is 90.0 Å². The number of fused-ring (bicyclic) bond motifs is 3. The van der Waals surface area contributed by atoms with Crippen molar-refractivity contribution in [1.29, 1.82) is 5.26 Å². The molecule has 4 aromatic heterocycles. The molecule has 0 aliphatic heterocycles. The van der Waals surface area contributed by atoms with Gasteiger partial charge in [-0.2, -0.15) is 5.26 Å². The fourth-order valence-corrected chi connectivity index (χ4v) is 7.69. The number of aromatic nitrogens is 3. The van der Waals surface area contributed by atoms with E-state index in [1.165, 1.54) is 30.3 Å². The molecule has 5 nitrogen and oxygen atoms in total. The minimum Gasteiger partial charge on any atom is -0.501 e. The molecule has 0 atom stereocenters. The molecule has 0 bridgehead atoms. The van der Waals surface area contributed by atoms with Crippen molar-refractivity contribution < 1.29 is 53.3 Å². The molecular weight excluding hydrogens is 973 g/mol. The van der Waals surface area contributed by atoms with E-state index in [4.69, 9.17) is 15.4 Å². The maximum Gasteiger partial charge on any atom is 3.00 e. The van der Waals surface area contributed by atoms with Crippen molar-refractivity contribution in [2.45, 2.75) is 83.5 Å². The first-order chi connectivity index (χ1) is 39.6. The predicted octanol–water partition coefficient (Wildman–Crippen LogP) is 13.7. The second-order valence-corrected chi connectivity index (χ2v) is 15.1. The molecule has 0 unspecified atom stereocenters. The van der Waals surface area contributed by atoms with Crippen LogP contribution in [0.15, 0.2) is 138 Å². The summed E-state index contributed by atoms with van der Waals surface area (Å²) in [5.74, 6) is -1.59. The minimum atomic E-state index is -3.55. The molecule has 4 heterocycles. The molecule has 1 fully saturated rings. The van der Waals surface area contributed by atoms with Crippen LogP contribution in [0.4, 0.5) is 0 Å². The maximum atomic E-state index is 9.90. The zero-order valence-electron chi connectivity index (χ0n) is 55.4. The Bertz CT molecular complexity index is 3990. The van der Waals surface area contributed by atoms with Crippen molar-refractivity contribution >= 4 is 21.9 Å². The predicted molar refractivity (Wildman–Crippen MR) is 257 cm³/mol. The summed E-state index contributed by atoms with van der Waals surface area (Å²) in [7, 11) is 0. The Morgan fingerprint density at radius 3 is 1.85 bits per heavy atom. The SMILES string of the molecule is [2H]c1cc2c(oc3c(-c4cc(C5([2H])CCCC5)c(C([2H])([2H])C([2H])([2H])c5cc(C([2H])([2H])C([2H])([2H])c6cnc(-c7[c-]cccc7)cc6C([2H])([2H])[2H])cc(C([2H])([2H])C([2H])([2H])c6cnc(-c7[c-]cccc7)cc6C([2H])([2H])[2H])c5)cn4)[c-]ccc32)c([2H])c1C#N.[Ir+3]. The molecule has 1 saturated carbocycles. The van der Waals surface area contributed by atoms with Crippen LogP contribution in [0.25, 0.3) is 55.7 Å². The smallest absolute Gasteiger partial charge is 0.501 e. The number of hydrogen-bond acceptors (Lipinski definition) is 5. The molecule has 1 aliphatic carbocycles. The van der Waals surface area contributed by atoms with E-state index in [1.54, 1.807) is 42.5 Å². The van der Waals surface area contributed by atoms with Gasteiger partial charge in [-0.3, -0.25) is 0 Å². The molecule has 65 heavy (non-hydrogen) atoms. The molecule has 1 aliphatic rings. The Morgan fingerprint density at radius 1 is 0.692 bits per heavy atom. The van der Waals surface area contributed by atoms with Crippen molar-refractivity contribution in [3.63, 3.8) is 0 Å². The second-order valence-electron chi connectivity index (χ2n) is 15.1. The number of nitrogens with zero attached hydrogens (tertiary/aromatic N) is 4. The molecule has 5 aromatic carbocycles. The van der Waals surface area contributed by atoms with E-state index in [1.807, 2.05) is 6.07 Å². The maximum absolute atomic E-state index is 9.90. The van der Waals surface area contributed by atoms with Crippen LogP contribution in [0.1, 0.15) is 116 Å². The van der Waals surface area contributed by atoms with Crippen molar-refractivity contribution in [1.82, 2.24) is 15.0 Å². The van der Waals surface area contributed by atoms with E-state index in [9.17, 15) is 23.1 Å². The monoisotopic (exact) mass is 1040 g/mol. The summed E-state index contributed by atoms with van der Waals surface area (Å²) in [6.45, 7) is -6.23. The molecule has 10 rings (SSSR count). The third kappa shape index (κ3) is 9.64. The summed E-state index contributed by atoms with van der Waals surface area (Å²) >= 11 is 0. The zero-order valence-corrected chi connectivity index (χ0v) is 36.8. The largest absolute Gasteiger partial charge is 3.00 e. The first kappa shape index (κ1) is 25.3. The average Bonchev–Trinajstić information content (AvgIpc) is 1.06. The van der Waals surface area contributed by atoms with Crippen LogP contribution < -0.4 is 0 Å². The Morgan fingerprint density at radius 2 is 1.28 bits per heavy atom. The van der Waals surface area contributed by atoms with Gasteiger partial charge < -0.3 is 19.4 Å². The normalized spacial score (nSPS) is 19.6. The van der Waals surface area contributed by atoms with Gasteiger partial charge in [0.25, 0.3) is 0 Å². The van der Waals surface area contributed by atoms with Crippen molar-refractivity contribution in [2.75, 3.05) is 0 Å². The van der Waals surface area contributed by atoms with E-state index in [0.29, 0.717) is 40.8 Å². The number of furan rings is 1. The summed E-state index contributed by atoms with van der Waals surface area (Å²) in [6.07, 6.45) is -16.8. The first-order valence-electron chi connectivity index (χ1n) is 31.0. The fraction of sp³-hybridized carbons (Fsp3) is 0.220. The zero-order chi connectivity index (χ0) is 61.8. The molecule has 0 N–H and O–H groups in total. The van der Waals surface area contributed by atoms with Crippen LogP contribution in [0.3, 0.4) is 0 Å². The third-order valence-corrected chi connectivity index (χ3v) is 10.9. The summed E-state index contributed by atoms with van der Waals surface area (Å²) in [5.41, 5.74) is -5.28. The van der Waals surface area contributed by atoms with Gasteiger partial charge in [-0.1, -0.05) is 77.4 Å². The van der Waals surface area contributed by atoms with Crippen LogP contribution in [-0.2, 0) is 58.3 Å². The van der Waals surface area contributed by atoms with Crippen LogP contribution in [0, 0.1) is 43.2 Å². The minimum absolute atomic E-state index is 0. The van der Waals surface area contributed by atoms with Gasteiger partial charge >= 0.3 is 20.1 Å². The summed E-state index contributed by atoms with van der Waals surface area (Å²) in [6, 6.07) is 33.3.